The summed E-state index contributed by atoms with van der Waals surface area (Å²) >= 11 is 0. The van der Waals surface area contributed by atoms with Gasteiger partial charge in [-0.3, -0.25) is 0 Å². The van der Waals surface area contributed by atoms with Crippen LogP contribution in [0, 0.1) is 24.7 Å². The first-order chi connectivity index (χ1) is 9.70. The van der Waals surface area contributed by atoms with E-state index in [1.54, 1.807) is 19.1 Å². The number of sulfonamides is 1. The molecule has 0 radical (unpaired) electrons. The van der Waals surface area contributed by atoms with Crippen LogP contribution < -0.4 is 10.5 Å². The summed E-state index contributed by atoms with van der Waals surface area (Å²) in [5, 5.41) is 0. The SMILES string of the molecule is Cc1c(CN)cccc1S(=O)(=O)NCC(C(C)C)C(C)C. The Hall–Kier alpha value is -0.910. The van der Waals surface area contributed by atoms with E-state index >= 15 is 0 Å². The van der Waals surface area contributed by atoms with E-state index in [1.807, 2.05) is 6.07 Å². The molecule has 1 aromatic rings. The van der Waals surface area contributed by atoms with E-state index in [0.717, 1.165) is 11.1 Å². The average Bonchev–Trinajstić information content (AvgIpc) is 2.37. The molecule has 1 aromatic carbocycles. The van der Waals surface area contributed by atoms with E-state index in [-0.39, 0.29) is 0 Å². The molecule has 0 heterocycles. The van der Waals surface area contributed by atoms with Crippen LogP contribution in [0.5, 0.6) is 0 Å². The van der Waals surface area contributed by atoms with Crippen LogP contribution in [0.15, 0.2) is 23.1 Å². The van der Waals surface area contributed by atoms with E-state index in [9.17, 15) is 8.42 Å². The van der Waals surface area contributed by atoms with Gasteiger partial charge in [0.15, 0.2) is 0 Å². The summed E-state index contributed by atoms with van der Waals surface area (Å²) in [4.78, 5) is 0.330. The van der Waals surface area contributed by atoms with Gasteiger partial charge in [0, 0.05) is 13.1 Å². The van der Waals surface area contributed by atoms with Crippen molar-refractivity contribution in [1.29, 1.82) is 0 Å². The largest absolute Gasteiger partial charge is 0.326 e. The third-order valence-corrected chi connectivity index (χ3v) is 5.70. The lowest BCUT2D eigenvalue weighted by molar-refractivity contribution is 0.289. The van der Waals surface area contributed by atoms with E-state index in [1.165, 1.54) is 0 Å². The fourth-order valence-electron chi connectivity index (χ4n) is 2.70. The highest BCUT2D eigenvalue weighted by Crippen LogP contribution is 2.22. The van der Waals surface area contributed by atoms with Gasteiger partial charge in [0.1, 0.15) is 0 Å². The van der Waals surface area contributed by atoms with Gasteiger partial charge in [-0.25, -0.2) is 13.1 Å². The molecule has 0 aliphatic heterocycles. The minimum absolute atomic E-state index is 0.317. The lowest BCUT2D eigenvalue weighted by Crippen LogP contribution is -2.34. The van der Waals surface area contributed by atoms with Crippen LogP contribution in [0.1, 0.15) is 38.8 Å². The summed E-state index contributed by atoms with van der Waals surface area (Å²) in [5.41, 5.74) is 7.25. The fraction of sp³-hybridized carbons (Fsp3) is 0.625. The first-order valence-electron chi connectivity index (χ1n) is 7.49. The lowest BCUT2D eigenvalue weighted by Gasteiger charge is -2.25. The molecule has 0 unspecified atom stereocenters. The molecule has 120 valence electrons. The summed E-state index contributed by atoms with van der Waals surface area (Å²) in [5.74, 6) is 1.19. The maximum Gasteiger partial charge on any atom is 0.240 e. The maximum absolute atomic E-state index is 12.5. The van der Waals surface area contributed by atoms with Gasteiger partial charge in [-0.2, -0.15) is 0 Å². The summed E-state index contributed by atoms with van der Waals surface area (Å²) in [7, 11) is -3.49. The van der Waals surface area contributed by atoms with Crippen molar-refractivity contribution in [2.45, 2.75) is 46.1 Å². The molecule has 0 aliphatic carbocycles. The third kappa shape index (κ3) is 4.53. The standard InChI is InChI=1S/C16H28N2O2S/c1-11(2)15(12(3)4)10-18-21(19,20)16-8-6-7-14(9-17)13(16)5/h6-8,11-12,15,18H,9-10,17H2,1-5H3. The Labute approximate surface area is 129 Å². The van der Waals surface area contributed by atoms with Crippen molar-refractivity contribution in [2.75, 3.05) is 6.54 Å². The molecule has 4 nitrogen and oxygen atoms in total. The molecule has 0 saturated carbocycles. The Bertz CT molecular complexity index is 558. The van der Waals surface area contributed by atoms with Crippen LogP contribution in [-0.4, -0.2) is 15.0 Å². The molecule has 0 atom stereocenters. The van der Waals surface area contributed by atoms with Gasteiger partial charge in [0.05, 0.1) is 4.90 Å². The van der Waals surface area contributed by atoms with Crippen molar-refractivity contribution in [3.63, 3.8) is 0 Å². The molecular weight excluding hydrogens is 284 g/mol. The predicted molar refractivity (Wildman–Crippen MR) is 87.4 cm³/mol. The molecule has 21 heavy (non-hydrogen) atoms. The molecule has 0 amide bonds. The Balaban J connectivity index is 2.97. The summed E-state index contributed by atoms with van der Waals surface area (Å²) in [6, 6.07) is 5.24. The number of rotatable bonds is 7. The smallest absolute Gasteiger partial charge is 0.240 e. The van der Waals surface area contributed by atoms with E-state index in [2.05, 4.69) is 32.4 Å². The van der Waals surface area contributed by atoms with Crippen LogP contribution in [-0.2, 0) is 16.6 Å². The van der Waals surface area contributed by atoms with Crippen molar-refractivity contribution in [3.8, 4) is 0 Å². The highest BCUT2D eigenvalue weighted by atomic mass is 32.2. The fourth-order valence-corrected chi connectivity index (χ4v) is 4.06. The molecule has 0 saturated heterocycles. The molecule has 0 aliphatic rings. The van der Waals surface area contributed by atoms with Crippen molar-refractivity contribution in [3.05, 3.63) is 29.3 Å². The van der Waals surface area contributed by atoms with E-state index in [4.69, 9.17) is 5.73 Å². The monoisotopic (exact) mass is 312 g/mol. The number of hydrogen-bond donors (Lipinski definition) is 2. The molecule has 5 heteroatoms. The average molecular weight is 312 g/mol. The van der Waals surface area contributed by atoms with Gasteiger partial charge < -0.3 is 5.73 Å². The van der Waals surface area contributed by atoms with Gasteiger partial charge >= 0.3 is 0 Å². The van der Waals surface area contributed by atoms with Crippen molar-refractivity contribution in [2.24, 2.45) is 23.5 Å². The minimum Gasteiger partial charge on any atom is -0.326 e. The molecular formula is C16H28N2O2S. The highest BCUT2D eigenvalue weighted by molar-refractivity contribution is 7.89. The number of nitrogens with two attached hydrogens (primary N) is 1. The van der Waals surface area contributed by atoms with Crippen LogP contribution in [0.3, 0.4) is 0 Å². The number of nitrogens with one attached hydrogen (secondary N) is 1. The van der Waals surface area contributed by atoms with Crippen LogP contribution in [0.4, 0.5) is 0 Å². The number of benzene rings is 1. The molecule has 3 N–H and O–H groups in total. The van der Waals surface area contributed by atoms with Gasteiger partial charge in [-0.05, 0) is 41.9 Å². The first-order valence-corrected chi connectivity index (χ1v) is 8.97. The first kappa shape index (κ1) is 18.1. The lowest BCUT2D eigenvalue weighted by atomic mass is 9.86. The normalized spacial score (nSPS) is 12.6. The second-order valence-electron chi connectivity index (χ2n) is 6.25. The van der Waals surface area contributed by atoms with Crippen molar-refractivity contribution < 1.29 is 8.42 Å². The third-order valence-electron chi connectivity index (χ3n) is 4.13. The topological polar surface area (TPSA) is 72.2 Å². The Kier molecular flexibility index (Phi) is 6.38. The van der Waals surface area contributed by atoms with Crippen LogP contribution >= 0.6 is 0 Å². The zero-order valence-corrected chi connectivity index (χ0v) is 14.5. The van der Waals surface area contributed by atoms with Gasteiger partial charge in [0.2, 0.25) is 10.0 Å². The molecule has 0 spiro atoms. The minimum atomic E-state index is -3.49. The maximum atomic E-state index is 12.5. The van der Waals surface area contributed by atoms with Gasteiger partial charge in [-0.15, -0.1) is 0 Å². The second kappa shape index (κ2) is 7.38. The molecule has 0 fully saturated rings. The highest BCUT2D eigenvalue weighted by Gasteiger charge is 2.23. The number of hydrogen-bond acceptors (Lipinski definition) is 3. The molecule has 0 aromatic heterocycles. The van der Waals surface area contributed by atoms with Gasteiger partial charge in [-0.1, -0.05) is 39.8 Å². The summed E-state index contributed by atoms with van der Waals surface area (Å²) in [6.07, 6.45) is 0. The summed E-state index contributed by atoms with van der Waals surface area (Å²) in [6.45, 7) is 11.1. The Morgan fingerprint density at radius 3 is 2.19 bits per heavy atom. The predicted octanol–water partition coefficient (Wildman–Crippen LogP) is 2.66. The second-order valence-corrected chi connectivity index (χ2v) is 7.98. The van der Waals surface area contributed by atoms with E-state index in [0.29, 0.717) is 35.7 Å². The Morgan fingerprint density at radius 2 is 1.71 bits per heavy atom. The van der Waals surface area contributed by atoms with Crippen molar-refractivity contribution in [1.82, 2.24) is 4.72 Å². The zero-order chi connectivity index (χ0) is 16.2. The van der Waals surface area contributed by atoms with Crippen LogP contribution in [0.25, 0.3) is 0 Å². The van der Waals surface area contributed by atoms with Gasteiger partial charge in [0.25, 0.3) is 0 Å². The van der Waals surface area contributed by atoms with E-state index < -0.39 is 10.0 Å². The van der Waals surface area contributed by atoms with Crippen LogP contribution in [0.2, 0.25) is 0 Å². The molecule has 1 rings (SSSR count). The summed E-state index contributed by atoms with van der Waals surface area (Å²) < 4.78 is 27.8. The molecule has 0 bridgehead atoms. The quantitative estimate of drug-likeness (QED) is 0.813. The van der Waals surface area contributed by atoms with Crippen molar-refractivity contribution >= 4 is 10.0 Å². The Morgan fingerprint density at radius 1 is 1.14 bits per heavy atom. The zero-order valence-electron chi connectivity index (χ0n) is 13.7.